The van der Waals surface area contributed by atoms with E-state index in [1.807, 2.05) is 17.8 Å². The molecule has 1 aromatic carbocycles. The highest BCUT2D eigenvalue weighted by Gasteiger charge is 2.39. The molecule has 3 nitrogen and oxygen atoms in total. The summed E-state index contributed by atoms with van der Waals surface area (Å²) < 4.78 is 11.2. The molecule has 4 heteroatoms. The number of hydrogen-bond donors (Lipinski definition) is 1. The van der Waals surface area contributed by atoms with Crippen LogP contribution in [0.5, 0.6) is 11.5 Å². The Kier molecular flexibility index (Phi) is 3.39. The van der Waals surface area contributed by atoms with Gasteiger partial charge in [-0.25, -0.2) is 0 Å². The minimum Gasteiger partial charge on any atom is -0.486 e. The Bertz CT molecular complexity index is 475. The van der Waals surface area contributed by atoms with Gasteiger partial charge in [0.25, 0.3) is 0 Å². The van der Waals surface area contributed by atoms with Crippen molar-refractivity contribution in [2.24, 2.45) is 11.1 Å². The van der Waals surface area contributed by atoms with Gasteiger partial charge in [-0.3, -0.25) is 0 Å². The zero-order valence-corrected chi connectivity index (χ0v) is 12.3. The van der Waals surface area contributed by atoms with Gasteiger partial charge in [-0.05, 0) is 36.5 Å². The van der Waals surface area contributed by atoms with Crippen LogP contribution in [0, 0.1) is 5.41 Å². The molecule has 0 saturated heterocycles. The Labute approximate surface area is 118 Å². The van der Waals surface area contributed by atoms with Gasteiger partial charge in [-0.1, -0.05) is 13.8 Å². The maximum absolute atomic E-state index is 6.37. The fourth-order valence-corrected chi connectivity index (χ4v) is 4.19. The van der Waals surface area contributed by atoms with Gasteiger partial charge in [0.1, 0.15) is 13.2 Å². The molecule has 0 spiro atoms. The molecule has 0 aromatic heterocycles. The van der Waals surface area contributed by atoms with Gasteiger partial charge in [0.2, 0.25) is 0 Å². The summed E-state index contributed by atoms with van der Waals surface area (Å²) >= 11 is 1.87. The van der Waals surface area contributed by atoms with E-state index in [1.165, 1.54) is 17.7 Å². The molecule has 1 heterocycles. The van der Waals surface area contributed by atoms with Crippen LogP contribution < -0.4 is 15.2 Å². The smallest absolute Gasteiger partial charge is 0.162 e. The van der Waals surface area contributed by atoms with Crippen molar-refractivity contribution in [2.45, 2.75) is 42.9 Å². The second kappa shape index (κ2) is 4.91. The number of fused-ring (bicyclic) bond motifs is 1. The number of nitrogens with two attached hydrogens (primary N) is 1. The Hall–Kier alpha value is -0.870. The van der Waals surface area contributed by atoms with Gasteiger partial charge in [-0.15, -0.1) is 11.8 Å². The normalized spacial score (nSPS) is 28.4. The average Bonchev–Trinajstić information content (AvgIpc) is 2.66. The third-order valence-corrected chi connectivity index (χ3v) is 5.53. The van der Waals surface area contributed by atoms with Gasteiger partial charge >= 0.3 is 0 Å². The molecule has 1 aliphatic carbocycles. The summed E-state index contributed by atoms with van der Waals surface area (Å²) in [5.41, 5.74) is 6.62. The first-order valence-electron chi connectivity index (χ1n) is 6.88. The molecule has 2 N–H and O–H groups in total. The van der Waals surface area contributed by atoms with Crippen LogP contribution in [0.4, 0.5) is 0 Å². The van der Waals surface area contributed by atoms with Crippen molar-refractivity contribution in [1.82, 2.24) is 0 Å². The Morgan fingerprint density at radius 1 is 1.21 bits per heavy atom. The van der Waals surface area contributed by atoms with Gasteiger partial charge in [-0.2, -0.15) is 0 Å². The molecule has 0 bridgehead atoms. The summed E-state index contributed by atoms with van der Waals surface area (Å²) in [5, 5.41) is 0.498. The van der Waals surface area contributed by atoms with E-state index >= 15 is 0 Å². The predicted octanol–water partition coefficient (Wildman–Crippen LogP) is 3.07. The molecule has 1 aliphatic heterocycles. The predicted molar refractivity (Wildman–Crippen MR) is 78.1 cm³/mol. The third-order valence-electron chi connectivity index (χ3n) is 4.18. The van der Waals surface area contributed by atoms with Crippen LogP contribution in [-0.4, -0.2) is 24.5 Å². The van der Waals surface area contributed by atoms with Gasteiger partial charge in [0, 0.05) is 16.2 Å². The summed E-state index contributed by atoms with van der Waals surface area (Å²) in [7, 11) is 0. The summed E-state index contributed by atoms with van der Waals surface area (Å²) in [4.78, 5) is 1.22. The summed E-state index contributed by atoms with van der Waals surface area (Å²) in [6, 6.07) is 6.45. The number of ether oxygens (including phenoxy) is 2. The molecule has 19 heavy (non-hydrogen) atoms. The van der Waals surface area contributed by atoms with E-state index < -0.39 is 0 Å². The lowest BCUT2D eigenvalue weighted by Crippen LogP contribution is -2.38. The zero-order chi connectivity index (χ0) is 13.5. The lowest BCUT2D eigenvalue weighted by Gasteiger charge is -2.26. The SMILES string of the molecule is CC1(C)CCC(Sc2ccc3c(c2)OCCO3)C1N. The highest BCUT2D eigenvalue weighted by Crippen LogP contribution is 2.45. The maximum atomic E-state index is 6.37. The van der Waals surface area contributed by atoms with Crippen LogP contribution in [0.3, 0.4) is 0 Å². The maximum Gasteiger partial charge on any atom is 0.162 e. The molecular formula is C15H21NO2S. The Balaban J connectivity index is 1.74. The number of benzene rings is 1. The van der Waals surface area contributed by atoms with Crippen LogP contribution in [0.2, 0.25) is 0 Å². The molecule has 1 fully saturated rings. The lowest BCUT2D eigenvalue weighted by atomic mass is 9.88. The molecule has 104 valence electrons. The fourth-order valence-electron chi connectivity index (χ4n) is 2.77. The molecule has 2 unspecified atom stereocenters. The van der Waals surface area contributed by atoms with Gasteiger partial charge in [0.05, 0.1) is 0 Å². The average molecular weight is 279 g/mol. The molecule has 0 radical (unpaired) electrons. The number of rotatable bonds is 2. The molecule has 0 amide bonds. The van der Waals surface area contributed by atoms with Crippen molar-refractivity contribution < 1.29 is 9.47 Å². The third kappa shape index (κ3) is 2.56. The van der Waals surface area contributed by atoms with E-state index in [9.17, 15) is 0 Å². The van der Waals surface area contributed by atoms with Gasteiger partial charge < -0.3 is 15.2 Å². The van der Waals surface area contributed by atoms with Crippen LogP contribution in [0.25, 0.3) is 0 Å². The molecule has 3 rings (SSSR count). The summed E-state index contributed by atoms with van der Waals surface area (Å²) in [5.74, 6) is 1.72. The number of thioether (sulfide) groups is 1. The second-order valence-corrected chi connectivity index (χ2v) is 7.33. The first kappa shape index (κ1) is 13.1. The highest BCUT2D eigenvalue weighted by molar-refractivity contribution is 8.00. The monoisotopic (exact) mass is 279 g/mol. The molecule has 2 aliphatic rings. The van der Waals surface area contributed by atoms with Crippen molar-refractivity contribution >= 4 is 11.8 Å². The first-order chi connectivity index (χ1) is 9.06. The van der Waals surface area contributed by atoms with Crippen LogP contribution in [0.15, 0.2) is 23.1 Å². The second-order valence-electron chi connectivity index (χ2n) is 6.01. The van der Waals surface area contributed by atoms with E-state index in [-0.39, 0.29) is 11.5 Å². The van der Waals surface area contributed by atoms with Crippen molar-refractivity contribution in [3.05, 3.63) is 18.2 Å². The molecule has 1 aromatic rings. The molecule has 2 atom stereocenters. The minimum atomic E-state index is 0.255. The van der Waals surface area contributed by atoms with E-state index in [4.69, 9.17) is 15.2 Å². The van der Waals surface area contributed by atoms with E-state index in [0.29, 0.717) is 18.5 Å². The highest BCUT2D eigenvalue weighted by atomic mass is 32.2. The molecule has 1 saturated carbocycles. The zero-order valence-electron chi connectivity index (χ0n) is 11.5. The topological polar surface area (TPSA) is 44.5 Å². The molecular weight excluding hydrogens is 258 g/mol. The summed E-state index contributed by atoms with van der Waals surface area (Å²) in [6.07, 6.45) is 2.39. The van der Waals surface area contributed by atoms with Crippen molar-refractivity contribution in [2.75, 3.05) is 13.2 Å². The van der Waals surface area contributed by atoms with Gasteiger partial charge in [0.15, 0.2) is 11.5 Å². The van der Waals surface area contributed by atoms with E-state index in [1.54, 1.807) is 0 Å². The van der Waals surface area contributed by atoms with E-state index in [0.717, 1.165) is 11.5 Å². The van der Waals surface area contributed by atoms with Crippen LogP contribution in [-0.2, 0) is 0 Å². The largest absolute Gasteiger partial charge is 0.486 e. The van der Waals surface area contributed by atoms with Crippen molar-refractivity contribution in [1.29, 1.82) is 0 Å². The van der Waals surface area contributed by atoms with Crippen LogP contribution >= 0.6 is 11.8 Å². The van der Waals surface area contributed by atoms with Crippen molar-refractivity contribution in [3.8, 4) is 11.5 Å². The quantitative estimate of drug-likeness (QED) is 0.903. The van der Waals surface area contributed by atoms with E-state index in [2.05, 4.69) is 26.0 Å². The first-order valence-corrected chi connectivity index (χ1v) is 7.76. The standard InChI is InChI=1S/C15H21NO2S/c1-15(2)6-5-13(14(15)16)19-10-3-4-11-12(9-10)18-8-7-17-11/h3-4,9,13-14H,5-8,16H2,1-2H3. The van der Waals surface area contributed by atoms with Crippen molar-refractivity contribution in [3.63, 3.8) is 0 Å². The number of hydrogen-bond acceptors (Lipinski definition) is 4. The minimum absolute atomic E-state index is 0.255. The Morgan fingerprint density at radius 2 is 1.95 bits per heavy atom. The van der Waals surface area contributed by atoms with Crippen LogP contribution in [0.1, 0.15) is 26.7 Å². The fraction of sp³-hybridized carbons (Fsp3) is 0.600. The summed E-state index contributed by atoms with van der Waals surface area (Å²) in [6.45, 7) is 5.81. The Morgan fingerprint density at radius 3 is 2.63 bits per heavy atom. The lowest BCUT2D eigenvalue weighted by molar-refractivity contribution is 0.171.